The Balaban J connectivity index is 2.48. The molecule has 118 valence electrons. The molecular weight excluding hydrogens is 392 g/mol. The standard InChI is InChI=1S/C13H9Cl4NO3S/c1-21-9-5-6-10(13(17)12(9)16)22(19,20)18-8-4-2-3-7(14)11(8)15/h2-6,18H,1H3. The molecule has 0 aliphatic carbocycles. The van der Waals surface area contributed by atoms with Crippen LogP contribution >= 0.6 is 46.4 Å². The van der Waals surface area contributed by atoms with Crippen LogP contribution in [0.1, 0.15) is 0 Å². The van der Waals surface area contributed by atoms with E-state index in [4.69, 9.17) is 51.1 Å². The Hall–Kier alpha value is -0.850. The predicted molar refractivity (Wildman–Crippen MR) is 90.3 cm³/mol. The molecule has 0 saturated carbocycles. The number of nitrogens with one attached hydrogen (secondary N) is 1. The molecule has 0 heterocycles. The van der Waals surface area contributed by atoms with E-state index in [1.54, 1.807) is 12.1 Å². The molecule has 1 N–H and O–H groups in total. The molecule has 2 aromatic rings. The van der Waals surface area contributed by atoms with E-state index in [0.29, 0.717) is 0 Å². The van der Waals surface area contributed by atoms with Crippen molar-refractivity contribution in [3.05, 3.63) is 50.4 Å². The van der Waals surface area contributed by atoms with Gasteiger partial charge in [-0.1, -0.05) is 52.5 Å². The lowest BCUT2D eigenvalue weighted by molar-refractivity contribution is 0.414. The maximum absolute atomic E-state index is 12.4. The van der Waals surface area contributed by atoms with Crippen LogP contribution in [0.15, 0.2) is 35.2 Å². The summed E-state index contributed by atoms with van der Waals surface area (Å²) in [5, 5.41) is 0.167. The highest BCUT2D eigenvalue weighted by molar-refractivity contribution is 7.92. The van der Waals surface area contributed by atoms with Crippen LogP contribution in [0, 0.1) is 0 Å². The molecule has 0 aliphatic heterocycles. The highest BCUT2D eigenvalue weighted by Gasteiger charge is 2.23. The van der Waals surface area contributed by atoms with Gasteiger partial charge in [0.25, 0.3) is 10.0 Å². The summed E-state index contributed by atoms with van der Waals surface area (Å²) in [6, 6.07) is 7.27. The SMILES string of the molecule is COc1ccc(S(=O)(=O)Nc2cccc(Cl)c2Cl)c(Cl)c1Cl. The summed E-state index contributed by atoms with van der Waals surface area (Å²) in [5.41, 5.74) is 0.136. The van der Waals surface area contributed by atoms with Gasteiger partial charge < -0.3 is 4.74 Å². The maximum atomic E-state index is 12.4. The van der Waals surface area contributed by atoms with Crippen LogP contribution in [0.3, 0.4) is 0 Å². The smallest absolute Gasteiger partial charge is 0.263 e. The van der Waals surface area contributed by atoms with Crippen molar-refractivity contribution in [2.45, 2.75) is 4.90 Å². The topological polar surface area (TPSA) is 55.4 Å². The number of anilines is 1. The third-order valence-corrected chi connectivity index (χ3v) is 5.92. The monoisotopic (exact) mass is 399 g/mol. The predicted octanol–water partition coefficient (Wildman–Crippen LogP) is 5.11. The molecule has 0 saturated heterocycles. The summed E-state index contributed by atoms with van der Waals surface area (Å²) in [6.45, 7) is 0. The Morgan fingerprint density at radius 2 is 1.64 bits per heavy atom. The number of methoxy groups -OCH3 is 1. The summed E-state index contributed by atoms with van der Waals surface area (Å²) in [7, 11) is -2.60. The van der Waals surface area contributed by atoms with Gasteiger partial charge in [0.15, 0.2) is 0 Å². The molecule has 0 bridgehead atoms. The third-order valence-electron chi connectivity index (χ3n) is 2.72. The molecular formula is C13H9Cl4NO3S. The summed E-state index contributed by atoms with van der Waals surface area (Å²) in [5.74, 6) is 0.270. The van der Waals surface area contributed by atoms with Crippen LogP contribution in [0.2, 0.25) is 20.1 Å². The van der Waals surface area contributed by atoms with Gasteiger partial charge in [-0.15, -0.1) is 0 Å². The van der Waals surface area contributed by atoms with Crippen LogP contribution in [0.25, 0.3) is 0 Å². The number of hydrogen-bond donors (Lipinski definition) is 1. The molecule has 0 atom stereocenters. The largest absolute Gasteiger partial charge is 0.495 e. The average molecular weight is 401 g/mol. The Bertz CT molecular complexity index is 824. The number of hydrogen-bond acceptors (Lipinski definition) is 3. The number of rotatable bonds is 4. The Morgan fingerprint density at radius 1 is 0.955 bits per heavy atom. The first kappa shape index (κ1) is 17.5. The van der Waals surface area contributed by atoms with Gasteiger partial charge in [0.05, 0.1) is 27.9 Å². The zero-order chi connectivity index (χ0) is 16.5. The van der Waals surface area contributed by atoms with Gasteiger partial charge >= 0.3 is 0 Å². The van der Waals surface area contributed by atoms with Crippen molar-refractivity contribution in [2.75, 3.05) is 11.8 Å². The molecule has 0 spiro atoms. The fraction of sp³-hybridized carbons (Fsp3) is 0.0769. The van der Waals surface area contributed by atoms with Gasteiger partial charge in [-0.3, -0.25) is 4.72 Å². The second-order valence-electron chi connectivity index (χ2n) is 4.10. The van der Waals surface area contributed by atoms with Crippen LogP contribution in [-0.2, 0) is 10.0 Å². The molecule has 4 nitrogen and oxygen atoms in total. The fourth-order valence-corrected chi connectivity index (χ4v) is 3.98. The molecule has 0 aliphatic rings. The van der Waals surface area contributed by atoms with Crippen molar-refractivity contribution in [3.63, 3.8) is 0 Å². The van der Waals surface area contributed by atoms with E-state index in [0.717, 1.165) is 0 Å². The lowest BCUT2D eigenvalue weighted by Gasteiger charge is -2.13. The van der Waals surface area contributed by atoms with Gasteiger partial charge in [0, 0.05) is 0 Å². The summed E-state index contributed by atoms with van der Waals surface area (Å²) in [6.07, 6.45) is 0. The van der Waals surface area contributed by atoms with Crippen LogP contribution in [-0.4, -0.2) is 15.5 Å². The fourth-order valence-electron chi connectivity index (χ4n) is 1.66. The van der Waals surface area contributed by atoms with Crippen molar-refractivity contribution in [2.24, 2.45) is 0 Å². The summed E-state index contributed by atoms with van der Waals surface area (Å²) >= 11 is 23.8. The number of benzene rings is 2. The normalized spacial score (nSPS) is 11.3. The van der Waals surface area contributed by atoms with Crippen LogP contribution < -0.4 is 9.46 Å². The molecule has 2 rings (SSSR count). The minimum absolute atomic E-state index is 0.00392. The zero-order valence-corrected chi connectivity index (χ0v) is 14.9. The van der Waals surface area contributed by atoms with E-state index in [2.05, 4.69) is 4.72 Å². The summed E-state index contributed by atoms with van der Waals surface area (Å²) in [4.78, 5) is -0.198. The van der Waals surface area contributed by atoms with Gasteiger partial charge in [-0.05, 0) is 24.3 Å². The van der Waals surface area contributed by atoms with Gasteiger partial charge in [-0.25, -0.2) is 8.42 Å². The van der Waals surface area contributed by atoms with Crippen molar-refractivity contribution in [3.8, 4) is 5.75 Å². The minimum Gasteiger partial charge on any atom is -0.495 e. The van der Waals surface area contributed by atoms with Crippen LogP contribution in [0.4, 0.5) is 5.69 Å². The highest BCUT2D eigenvalue weighted by atomic mass is 35.5. The van der Waals surface area contributed by atoms with Gasteiger partial charge in [0.1, 0.15) is 15.7 Å². The van der Waals surface area contributed by atoms with E-state index >= 15 is 0 Å². The molecule has 0 aromatic heterocycles. The van der Waals surface area contributed by atoms with Crippen LogP contribution in [0.5, 0.6) is 5.75 Å². The Kier molecular flexibility index (Phi) is 5.35. The molecule has 0 fully saturated rings. The minimum atomic E-state index is -4.00. The Morgan fingerprint density at radius 3 is 2.27 bits per heavy atom. The van der Waals surface area contributed by atoms with E-state index in [-0.39, 0.29) is 36.4 Å². The van der Waals surface area contributed by atoms with Crippen molar-refractivity contribution in [1.82, 2.24) is 0 Å². The van der Waals surface area contributed by atoms with Crippen molar-refractivity contribution in [1.29, 1.82) is 0 Å². The molecule has 0 amide bonds. The summed E-state index contributed by atoms with van der Waals surface area (Å²) < 4.78 is 32.2. The first-order valence-corrected chi connectivity index (χ1v) is 8.76. The second kappa shape index (κ2) is 6.72. The lowest BCUT2D eigenvalue weighted by atomic mass is 10.3. The Labute approximate surface area is 147 Å². The number of sulfonamides is 1. The molecule has 22 heavy (non-hydrogen) atoms. The highest BCUT2D eigenvalue weighted by Crippen LogP contribution is 2.38. The van der Waals surface area contributed by atoms with E-state index < -0.39 is 10.0 Å². The zero-order valence-electron chi connectivity index (χ0n) is 11.0. The molecule has 0 unspecified atom stereocenters. The van der Waals surface area contributed by atoms with E-state index in [1.165, 1.54) is 25.3 Å². The molecule has 2 aromatic carbocycles. The van der Waals surface area contributed by atoms with Crippen molar-refractivity contribution >= 4 is 62.1 Å². The van der Waals surface area contributed by atoms with Crippen molar-refractivity contribution < 1.29 is 13.2 Å². The average Bonchev–Trinajstić information content (AvgIpc) is 2.46. The van der Waals surface area contributed by atoms with Gasteiger partial charge in [0.2, 0.25) is 0 Å². The lowest BCUT2D eigenvalue weighted by Crippen LogP contribution is -2.14. The number of halogens is 4. The molecule has 9 heteroatoms. The molecule has 0 radical (unpaired) electrons. The first-order chi connectivity index (χ1) is 10.3. The first-order valence-electron chi connectivity index (χ1n) is 5.76. The third kappa shape index (κ3) is 3.39. The van der Waals surface area contributed by atoms with E-state index in [9.17, 15) is 8.42 Å². The maximum Gasteiger partial charge on any atom is 0.263 e. The van der Waals surface area contributed by atoms with Gasteiger partial charge in [-0.2, -0.15) is 0 Å². The van der Waals surface area contributed by atoms with E-state index in [1.807, 2.05) is 0 Å². The quantitative estimate of drug-likeness (QED) is 0.775. The second-order valence-corrected chi connectivity index (χ2v) is 7.29. The number of ether oxygens (including phenoxy) is 1.